The van der Waals surface area contributed by atoms with Gasteiger partial charge in [-0.05, 0) is 24.3 Å². The lowest BCUT2D eigenvalue weighted by Crippen LogP contribution is -1.87. The summed E-state index contributed by atoms with van der Waals surface area (Å²) in [5, 5.41) is 0. The van der Waals surface area contributed by atoms with Crippen molar-refractivity contribution in [2.24, 2.45) is 0 Å². The van der Waals surface area contributed by atoms with Crippen molar-refractivity contribution in [3.63, 3.8) is 0 Å². The maximum atomic E-state index is 10.8. The van der Waals surface area contributed by atoms with E-state index in [4.69, 9.17) is 4.74 Å². The van der Waals surface area contributed by atoms with E-state index in [1.807, 2.05) is 0 Å². The van der Waals surface area contributed by atoms with Gasteiger partial charge in [0.15, 0.2) is 0 Å². The summed E-state index contributed by atoms with van der Waals surface area (Å²) in [6, 6.07) is 7.03. The van der Waals surface area contributed by atoms with Crippen LogP contribution < -0.4 is 4.74 Å². The van der Waals surface area contributed by atoms with Gasteiger partial charge < -0.3 is 4.74 Å². The predicted octanol–water partition coefficient (Wildman–Crippen LogP) is 2.27. The number of methoxy groups -OCH3 is 1. The number of ether oxygens (including phenoxy) is 1. The van der Waals surface area contributed by atoms with Gasteiger partial charge >= 0.3 is 0 Å². The first kappa shape index (κ1) is 8.52. The number of hydrogen-bond donors (Lipinski definition) is 0. The number of carbonyl (C=O) groups excluding carboxylic acids is 1. The molecule has 1 aromatic rings. The van der Waals surface area contributed by atoms with Crippen molar-refractivity contribution in [1.82, 2.24) is 0 Å². The molecule has 0 aliphatic carbocycles. The summed E-state index contributed by atoms with van der Waals surface area (Å²) in [5.41, 5.74) is 0.700. The highest BCUT2D eigenvalue weighted by Gasteiger charge is 1.98. The van der Waals surface area contributed by atoms with Crippen LogP contribution in [0.5, 0.6) is 5.75 Å². The van der Waals surface area contributed by atoms with Gasteiger partial charge in [-0.1, -0.05) is 0 Å². The Balaban J connectivity index is 2.91. The minimum Gasteiger partial charge on any atom is -0.497 e. The van der Waals surface area contributed by atoms with Gasteiger partial charge in [0.1, 0.15) is 5.75 Å². The fourth-order valence-corrected chi connectivity index (χ4v) is 1.08. The van der Waals surface area contributed by atoms with Crippen LogP contribution in [0.3, 0.4) is 0 Å². The molecule has 0 spiro atoms. The molecule has 0 aliphatic rings. The smallest absolute Gasteiger partial charge is 0.222 e. The third-order valence-corrected chi connectivity index (χ3v) is 1.94. The van der Waals surface area contributed by atoms with Gasteiger partial charge in [0, 0.05) is 28.2 Å². The number of benzene rings is 1. The fraction of sp³-hybridized carbons (Fsp3) is 0.125. The average molecular weight is 262 g/mol. The lowest BCUT2D eigenvalue weighted by Gasteiger charge is -1.98. The Hall–Kier alpha value is -0.580. The predicted molar refractivity (Wildman–Crippen MR) is 51.3 cm³/mol. The van der Waals surface area contributed by atoms with Crippen molar-refractivity contribution < 1.29 is 9.53 Å². The van der Waals surface area contributed by atoms with Gasteiger partial charge in [-0.15, -0.1) is 0 Å². The second-order valence-electron chi connectivity index (χ2n) is 2.00. The van der Waals surface area contributed by atoms with Crippen LogP contribution in [-0.4, -0.2) is 10.9 Å². The largest absolute Gasteiger partial charge is 0.497 e. The maximum absolute atomic E-state index is 10.8. The molecule has 0 heterocycles. The molecule has 0 atom stereocenters. The van der Waals surface area contributed by atoms with Crippen molar-refractivity contribution >= 4 is 26.4 Å². The standard InChI is InChI=1S/C8H7IO2/c1-11-7-4-2-6(3-5-7)8(9)10/h2-5H,1H3. The second kappa shape index (κ2) is 3.71. The van der Waals surface area contributed by atoms with Gasteiger partial charge in [-0.25, -0.2) is 0 Å². The third-order valence-electron chi connectivity index (χ3n) is 1.32. The Morgan fingerprint density at radius 3 is 2.27 bits per heavy atom. The first-order valence-electron chi connectivity index (χ1n) is 3.08. The van der Waals surface area contributed by atoms with Crippen LogP contribution in [0, 0.1) is 0 Å². The van der Waals surface area contributed by atoms with E-state index < -0.39 is 0 Å². The zero-order valence-corrected chi connectivity index (χ0v) is 8.16. The molecule has 0 radical (unpaired) electrons. The van der Waals surface area contributed by atoms with E-state index in [9.17, 15) is 4.79 Å². The molecule has 0 amide bonds. The van der Waals surface area contributed by atoms with Crippen molar-refractivity contribution in [1.29, 1.82) is 0 Å². The van der Waals surface area contributed by atoms with Crippen molar-refractivity contribution in [2.45, 2.75) is 0 Å². The summed E-state index contributed by atoms with van der Waals surface area (Å²) in [6.07, 6.45) is 0. The molecule has 0 aromatic heterocycles. The van der Waals surface area contributed by atoms with Gasteiger partial charge in [0.2, 0.25) is 3.79 Å². The molecule has 2 nitrogen and oxygen atoms in total. The van der Waals surface area contributed by atoms with E-state index in [-0.39, 0.29) is 3.79 Å². The summed E-state index contributed by atoms with van der Waals surface area (Å²) in [7, 11) is 1.60. The van der Waals surface area contributed by atoms with Crippen molar-refractivity contribution in [2.75, 3.05) is 7.11 Å². The molecule has 3 heteroatoms. The van der Waals surface area contributed by atoms with Crippen molar-refractivity contribution in [3.8, 4) is 5.75 Å². The SMILES string of the molecule is COc1ccc(C(=O)I)cc1. The molecule has 0 aliphatic heterocycles. The second-order valence-corrected chi connectivity index (χ2v) is 2.98. The third kappa shape index (κ3) is 2.18. The Morgan fingerprint density at radius 1 is 1.36 bits per heavy atom. The van der Waals surface area contributed by atoms with Crippen LogP contribution in [0.25, 0.3) is 0 Å². The monoisotopic (exact) mass is 262 g/mol. The molecule has 0 N–H and O–H groups in total. The number of rotatable bonds is 2. The topological polar surface area (TPSA) is 26.3 Å². The van der Waals surface area contributed by atoms with Crippen molar-refractivity contribution in [3.05, 3.63) is 29.8 Å². The van der Waals surface area contributed by atoms with Crippen LogP contribution in [0.1, 0.15) is 10.4 Å². The minimum absolute atomic E-state index is 0.0465. The average Bonchev–Trinajstić information content (AvgIpc) is 2.05. The van der Waals surface area contributed by atoms with Crippen LogP contribution in [0.4, 0.5) is 0 Å². The van der Waals surface area contributed by atoms with E-state index in [0.717, 1.165) is 5.75 Å². The van der Waals surface area contributed by atoms with E-state index in [1.165, 1.54) is 0 Å². The summed E-state index contributed by atoms with van der Waals surface area (Å²) in [4.78, 5) is 10.8. The van der Waals surface area contributed by atoms with Gasteiger partial charge in [0.25, 0.3) is 0 Å². The lowest BCUT2D eigenvalue weighted by atomic mass is 10.2. The molecule has 0 fully saturated rings. The molecular weight excluding hydrogens is 255 g/mol. The quantitative estimate of drug-likeness (QED) is 0.603. The molecule has 0 unspecified atom stereocenters. The highest BCUT2D eigenvalue weighted by molar-refractivity contribution is 14.1. The van der Waals surface area contributed by atoms with Crippen LogP contribution >= 0.6 is 22.6 Å². The van der Waals surface area contributed by atoms with Crippen LogP contribution in [0.2, 0.25) is 0 Å². The van der Waals surface area contributed by atoms with Crippen LogP contribution in [0.15, 0.2) is 24.3 Å². The van der Waals surface area contributed by atoms with Crippen LogP contribution in [-0.2, 0) is 0 Å². The highest BCUT2D eigenvalue weighted by Crippen LogP contribution is 2.13. The first-order valence-corrected chi connectivity index (χ1v) is 4.16. The maximum Gasteiger partial charge on any atom is 0.222 e. The molecule has 0 saturated heterocycles. The normalized spacial score (nSPS) is 9.27. The van der Waals surface area contributed by atoms with Gasteiger partial charge in [-0.3, -0.25) is 4.79 Å². The lowest BCUT2D eigenvalue weighted by molar-refractivity contribution is 0.110. The summed E-state index contributed by atoms with van der Waals surface area (Å²) in [6.45, 7) is 0. The fourth-order valence-electron chi connectivity index (χ4n) is 0.722. The Morgan fingerprint density at radius 2 is 1.91 bits per heavy atom. The molecule has 58 valence electrons. The molecule has 0 bridgehead atoms. The molecule has 1 rings (SSSR count). The van der Waals surface area contributed by atoms with E-state index in [0.29, 0.717) is 5.56 Å². The summed E-state index contributed by atoms with van der Waals surface area (Å²) < 4.78 is 4.98. The minimum atomic E-state index is 0.0465. The summed E-state index contributed by atoms with van der Waals surface area (Å²) >= 11 is 1.75. The number of halogens is 1. The molecule has 11 heavy (non-hydrogen) atoms. The Kier molecular flexibility index (Phi) is 2.87. The number of carbonyl (C=O) groups is 1. The zero-order chi connectivity index (χ0) is 8.27. The summed E-state index contributed by atoms with van der Waals surface area (Å²) in [5.74, 6) is 0.770. The highest BCUT2D eigenvalue weighted by atomic mass is 127. The van der Waals surface area contributed by atoms with E-state index in [1.54, 1.807) is 54.0 Å². The Bertz CT molecular complexity index is 253. The number of hydrogen-bond acceptors (Lipinski definition) is 2. The molecule has 1 aromatic carbocycles. The first-order chi connectivity index (χ1) is 5.24. The zero-order valence-electron chi connectivity index (χ0n) is 6.00. The van der Waals surface area contributed by atoms with E-state index in [2.05, 4.69) is 0 Å². The van der Waals surface area contributed by atoms with Gasteiger partial charge in [0.05, 0.1) is 7.11 Å². The van der Waals surface area contributed by atoms with E-state index >= 15 is 0 Å². The molecule has 0 saturated carbocycles. The van der Waals surface area contributed by atoms with Gasteiger partial charge in [-0.2, -0.15) is 0 Å². The Labute approximate surface area is 78.7 Å². The molecular formula is C8H7IO2.